The monoisotopic (exact) mass is 307 g/mol. The molecule has 2 heteroatoms. The lowest BCUT2D eigenvalue weighted by Gasteiger charge is -2.10. The van der Waals surface area contributed by atoms with E-state index in [0.717, 1.165) is 0 Å². The highest BCUT2D eigenvalue weighted by molar-refractivity contribution is 4.46. The van der Waals surface area contributed by atoms with Gasteiger partial charge in [-0.15, -0.1) is 0 Å². The molecule has 17 heavy (non-hydrogen) atoms. The molecule has 1 nitrogen and oxygen atoms in total. The Hall–Kier alpha value is 0.440. The van der Waals surface area contributed by atoms with Gasteiger partial charge in [-0.2, -0.15) is 0 Å². The third kappa shape index (κ3) is 16.4. The van der Waals surface area contributed by atoms with Gasteiger partial charge in [-0.05, 0) is 19.8 Å². The quantitative estimate of drug-likeness (QED) is 0.499. The number of nitrogens with one attached hydrogen (secondary N) is 1. The molecule has 0 bridgehead atoms. The van der Waals surface area contributed by atoms with Crippen molar-refractivity contribution in [3.05, 3.63) is 0 Å². The van der Waals surface area contributed by atoms with Gasteiger partial charge in [-0.25, -0.2) is 0 Å². The lowest BCUT2D eigenvalue weighted by atomic mass is 10.1. The van der Waals surface area contributed by atoms with Gasteiger partial charge in [0.15, 0.2) is 0 Å². The van der Waals surface area contributed by atoms with Crippen LogP contribution in [0.4, 0.5) is 0 Å². The van der Waals surface area contributed by atoms with Crippen molar-refractivity contribution in [2.45, 2.75) is 78.1 Å². The SMILES string of the molecule is CCCCCCCCCCCC[NH+](C)CC.[Br-]. The molecule has 0 saturated heterocycles. The molecule has 0 heterocycles. The van der Waals surface area contributed by atoms with Gasteiger partial charge in [0.2, 0.25) is 0 Å². The third-order valence-electron chi connectivity index (χ3n) is 3.56. The van der Waals surface area contributed by atoms with Crippen molar-refractivity contribution in [3.8, 4) is 0 Å². The van der Waals surface area contributed by atoms with E-state index in [4.69, 9.17) is 0 Å². The summed E-state index contributed by atoms with van der Waals surface area (Å²) in [6, 6.07) is 0. The van der Waals surface area contributed by atoms with Crippen LogP contribution >= 0.6 is 0 Å². The second-order valence-corrected chi connectivity index (χ2v) is 5.24. The fourth-order valence-electron chi connectivity index (χ4n) is 2.09. The maximum absolute atomic E-state index is 2.30. The smallest absolute Gasteiger partial charge is 0.0768 e. The fraction of sp³-hybridized carbons (Fsp3) is 1.00. The van der Waals surface area contributed by atoms with Crippen LogP contribution in [0.1, 0.15) is 78.1 Å². The second kappa shape index (κ2) is 16.4. The topological polar surface area (TPSA) is 4.44 Å². The van der Waals surface area contributed by atoms with Crippen molar-refractivity contribution < 1.29 is 21.9 Å². The summed E-state index contributed by atoms with van der Waals surface area (Å²) in [6.07, 6.45) is 14.5. The zero-order chi connectivity index (χ0) is 12.1. The molecule has 0 spiro atoms. The number of quaternary nitrogens is 1. The summed E-state index contributed by atoms with van der Waals surface area (Å²) >= 11 is 0. The lowest BCUT2D eigenvalue weighted by Crippen LogP contribution is -3.08. The van der Waals surface area contributed by atoms with E-state index in [1.165, 1.54) is 77.3 Å². The number of rotatable bonds is 12. The van der Waals surface area contributed by atoms with Gasteiger partial charge < -0.3 is 21.9 Å². The highest BCUT2D eigenvalue weighted by Crippen LogP contribution is 2.09. The molecular formula is C15H34BrN. The number of unbranched alkanes of at least 4 members (excludes halogenated alkanes) is 9. The zero-order valence-corrected chi connectivity index (χ0v) is 13.9. The molecule has 0 radical (unpaired) electrons. The summed E-state index contributed by atoms with van der Waals surface area (Å²) < 4.78 is 0. The molecule has 1 unspecified atom stereocenters. The Bertz CT molecular complexity index is 128. The van der Waals surface area contributed by atoms with Gasteiger partial charge in [-0.3, -0.25) is 0 Å². The molecule has 0 aliphatic rings. The Morgan fingerprint density at radius 2 is 1.06 bits per heavy atom. The van der Waals surface area contributed by atoms with Gasteiger partial charge in [-0.1, -0.05) is 58.3 Å². The molecule has 0 amide bonds. The minimum Gasteiger partial charge on any atom is -1.00 e. The number of halogens is 1. The van der Waals surface area contributed by atoms with Crippen LogP contribution in [-0.4, -0.2) is 20.1 Å². The van der Waals surface area contributed by atoms with Crippen LogP contribution in [0.25, 0.3) is 0 Å². The summed E-state index contributed by atoms with van der Waals surface area (Å²) in [5.74, 6) is 0. The summed E-state index contributed by atoms with van der Waals surface area (Å²) in [5, 5.41) is 0. The van der Waals surface area contributed by atoms with Gasteiger partial charge in [0, 0.05) is 0 Å². The first kappa shape index (κ1) is 19.8. The Balaban J connectivity index is 0. The van der Waals surface area contributed by atoms with Crippen molar-refractivity contribution in [1.29, 1.82) is 0 Å². The summed E-state index contributed by atoms with van der Waals surface area (Å²) in [4.78, 5) is 1.68. The van der Waals surface area contributed by atoms with E-state index in [1.807, 2.05) is 0 Å². The van der Waals surface area contributed by atoms with E-state index in [-0.39, 0.29) is 17.0 Å². The van der Waals surface area contributed by atoms with E-state index in [1.54, 1.807) is 4.90 Å². The normalized spacial score (nSPS) is 12.2. The Labute approximate surface area is 120 Å². The van der Waals surface area contributed by atoms with Crippen molar-refractivity contribution >= 4 is 0 Å². The maximum atomic E-state index is 2.30. The van der Waals surface area contributed by atoms with Crippen molar-refractivity contribution in [2.75, 3.05) is 20.1 Å². The average molecular weight is 308 g/mol. The Morgan fingerprint density at radius 1 is 0.647 bits per heavy atom. The predicted octanol–water partition coefficient (Wildman–Crippen LogP) is 0.446. The van der Waals surface area contributed by atoms with Crippen molar-refractivity contribution in [2.24, 2.45) is 0 Å². The first-order valence-corrected chi connectivity index (χ1v) is 7.62. The standard InChI is InChI=1S/C15H33N.BrH/c1-4-6-7-8-9-10-11-12-13-14-15-16(3)5-2;/h4-15H2,1-3H3;1H. The first-order valence-electron chi connectivity index (χ1n) is 7.62. The highest BCUT2D eigenvalue weighted by Gasteiger charge is 1.97. The molecule has 0 rings (SSSR count). The first-order chi connectivity index (χ1) is 7.81. The van der Waals surface area contributed by atoms with Crippen LogP contribution in [0, 0.1) is 0 Å². The van der Waals surface area contributed by atoms with Gasteiger partial charge in [0.05, 0.1) is 20.1 Å². The molecule has 1 N–H and O–H groups in total. The maximum Gasteiger partial charge on any atom is 0.0768 e. The average Bonchev–Trinajstić information content (AvgIpc) is 2.31. The number of hydrogen-bond acceptors (Lipinski definition) is 0. The summed E-state index contributed by atoms with van der Waals surface area (Å²) in [6.45, 7) is 7.20. The van der Waals surface area contributed by atoms with Crippen LogP contribution in [-0.2, 0) is 0 Å². The van der Waals surface area contributed by atoms with Crippen LogP contribution in [0.15, 0.2) is 0 Å². The van der Waals surface area contributed by atoms with E-state index >= 15 is 0 Å². The molecule has 0 aromatic carbocycles. The summed E-state index contributed by atoms with van der Waals surface area (Å²) in [5.41, 5.74) is 0. The molecule has 0 saturated carbocycles. The van der Waals surface area contributed by atoms with E-state index in [0.29, 0.717) is 0 Å². The second-order valence-electron chi connectivity index (χ2n) is 5.24. The minimum absolute atomic E-state index is 0. The van der Waals surface area contributed by atoms with Crippen LogP contribution in [0.5, 0.6) is 0 Å². The molecule has 0 aliphatic heterocycles. The molecule has 106 valence electrons. The zero-order valence-electron chi connectivity index (χ0n) is 12.4. The van der Waals surface area contributed by atoms with E-state index < -0.39 is 0 Å². The summed E-state index contributed by atoms with van der Waals surface area (Å²) in [7, 11) is 2.30. The Morgan fingerprint density at radius 3 is 1.47 bits per heavy atom. The molecule has 0 aliphatic carbocycles. The molecule has 0 aromatic rings. The predicted molar refractivity (Wildman–Crippen MR) is 74.1 cm³/mol. The molecular weight excluding hydrogens is 274 g/mol. The Kier molecular flexibility index (Phi) is 19.1. The van der Waals surface area contributed by atoms with Gasteiger partial charge in [0.25, 0.3) is 0 Å². The number of hydrogen-bond donors (Lipinski definition) is 1. The van der Waals surface area contributed by atoms with Crippen LogP contribution in [0.3, 0.4) is 0 Å². The minimum atomic E-state index is 0. The van der Waals surface area contributed by atoms with Crippen LogP contribution < -0.4 is 21.9 Å². The van der Waals surface area contributed by atoms with E-state index in [9.17, 15) is 0 Å². The van der Waals surface area contributed by atoms with Gasteiger partial charge in [0.1, 0.15) is 0 Å². The van der Waals surface area contributed by atoms with Crippen molar-refractivity contribution in [3.63, 3.8) is 0 Å². The fourth-order valence-corrected chi connectivity index (χ4v) is 2.09. The third-order valence-corrected chi connectivity index (χ3v) is 3.56. The van der Waals surface area contributed by atoms with Crippen molar-refractivity contribution in [1.82, 2.24) is 0 Å². The van der Waals surface area contributed by atoms with E-state index in [2.05, 4.69) is 20.9 Å². The highest BCUT2D eigenvalue weighted by atomic mass is 79.9. The largest absolute Gasteiger partial charge is 1.00 e. The molecule has 0 fully saturated rings. The van der Waals surface area contributed by atoms with Gasteiger partial charge >= 0.3 is 0 Å². The molecule has 1 atom stereocenters. The van der Waals surface area contributed by atoms with Crippen LogP contribution in [0.2, 0.25) is 0 Å². The lowest BCUT2D eigenvalue weighted by molar-refractivity contribution is -0.877. The molecule has 0 aromatic heterocycles.